The fraction of sp³-hybridized carbons (Fsp3) is 0.263. The zero-order valence-corrected chi connectivity index (χ0v) is 14.4. The van der Waals surface area contributed by atoms with Crippen molar-refractivity contribution in [2.24, 2.45) is 0 Å². The summed E-state index contributed by atoms with van der Waals surface area (Å²) in [6.45, 7) is 0. The highest BCUT2D eigenvalue weighted by Gasteiger charge is 2.24. The van der Waals surface area contributed by atoms with E-state index >= 15 is 0 Å². The second kappa shape index (κ2) is 8.73. The molecule has 2 rings (SSSR count). The Kier molecular flexibility index (Phi) is 6.39. The molecule has 2 aromatic rings. The Hall–Kier alpha value is -3.02. The van der Waals surface area contributed by atoms with Crippen molar-refractivity contribution in [3.05, 3.63) is 59.7 Å². The van der Waals surface area contributed by atoms with Gasteiger partial charge in [-0.05, 0) is 29.8 Å². The molecule has 0 saturated heterocycles. The Morgan fingerprint density at radius 1 is 1.00 bits per heavy atom. The third kappa shape index (κ3) is 4.73. The third-order valence-corrected chi connectivity index (χ3v) is 3.72. The predicted molar refractivity (Wildman–Crippen MR) is 93.0 cm³/mol. The maximum Gasteiger partial charge on any atom is 0.328 e. The first-order chi connectivity index (χ1) is 12.1. The zero-order valence-electron chi connectivity index (χ0n) is 14.4. The third-order valence-electron chi connectivity index (χ3n) is 3.72. The Balaban J connectivity index is 2.20. The molecule has 0 fully saturated rings. The molecule has 0 aromatic heterocycles. The Morgan fingerprint density at radius 2 is 1.76 bits per heavy atom. The first-order valence-electron chi connectivity index (χ1n) is 7.73. The van der Waals surface area contributed by atoms with Crippen molar-refractivity contribution in [1.82, 2.24) is 5.32 Å². The molecule has 0 bridgehead atoms. The Bertz CT molecular complexity index is 744. The van der Waals surface area contributed by atoms with Crippen molar-refractivity contribution < 1.29 is 23.8 Å². The van der Waals surface area contributed by atoms with E-state index in [0.29, 0.717) is 17.1 Å². The van der Waals surface area contributed by atoms with Crippen LogP contribution in [0.25, 0.3) is 0 Å². The zero-order chi connectivity index (χ0) is 18.2. The van der Waals surface area contributed by atoms with E-state index in [1.807, 2.05) is 24.3 Å². The number of methoxy groups -OCH3 is 3. The Morgan fingerprint density at radius 3 is 2.44 bits per heavy atom. The molecule has 6 nitrogen and oxygen atoms in total. The molecule has 1 atom stereocenters. The molecule has 132 valence electrons. The van der Waals surface area contributed by atoms with E-state index in [4.69, 9.17) is 14.2 Å². The number of amides is 1. The highest BCUT2D eigenvalue weighted by molar-refractivity contribution is 5.99. The predicted octanol–water partition coefficient (Wildman–Crippen LogP) is 2.22. The summed E-state index contributed by atoms with van der Waals surface area (Å²) < 4.78 is 15.2. The number of rotatable bonds is 7. The van der Waals surface area contributed by atoms with Crippen LogP contribution in [0.1, 0.15) is 15.9 Å². The molecule has 1 amide bonds. The van der Waals surface area contributed by atoms with Gasteiger partial charge in [-0.2, -0.15) is 0 Å². The summed E-state index contributed by atoms with van der Waals surface area (Å²) in [5, 5.41) is 2.71. The fourth-order valence-electron chi connectivity index (χ4n) is 2.44. The highest BCUT2D eigenvalue weighted by Crippen LogP contribution is 2.18. The van der Waals surface area contributed by atoms with Crippen molar-refractivity contribution in [3.63, 3.8) is 0 Å². The van der Waals surface area contributed by atoms with Crippen LogP contribution in [0, 0.1) is 0 Å². The van der Waals surface area contributed by atoms with Crippen LogP contribution >= 0.6 is 0 Å². The normalized spacial score (nSPS) is 11.3. The summed E-state index contributed by atoms with van der Waals surface area (Å²) in [4.78, 5) is 24.6. The topological polar surface area (TPSA) is 73.9 Å². The molecule has 0 unspecified atom stereocenters. The Labute approximate surface area is 146 Å². The van der Waals surface area contributed by atoms with E-state index in [-0.39, 0.29) is 6.42 Å². The first-order valence-corrected chi connectivity index (χ1v) is 7.73. The van der Waals surface area contributed by atoms with Gasteiger partial charge in [-0.1, -0.05) is 24.3 Å². The van der Waals surface area contributed by atoms with Crippen LogP contribution in [0.4, 0.5) is 0 Å². The van der Waals surface area contributed by atoms with E-state index in [1.54, 1.807) is 31.4 Å². The van der Waals surface area contributed by atoms with Gasteiger partial charge in [-0.15, -0.1) is 0 Å². The summed E-state index contributed by atoms with van der Waals surface area (Å²) in [6.07, 6.45) is 0.283. The number of para-hydroxylation sites is 1. The molecule has 0 radical (unpaired) electrons. The fourth-order valence-corrected chi connectivity index (χ4v) is 2.44. The van der Waals surface area contributed by atoms with Crippen molar-refractivity contribution in [1.29, 1.82) is 0 Å². The second-order valence-electron chi connectivity index (χ2n) is 5.31. The summed E-state index contributed by atoms with van der Waals surface area (Å²) in [7, 11) is 4.34. The molecule has 6 heteroatoms. The lowest BCUT2D eigenvalue weighted by Crippen LogP contribution is -2.43. The number of carbonyl (C=O) groups is 2. The average Bonchev–Trinajstić information content (AvgIpc) is 2.66. The molecule has 0 aliphatic rings. The van der Waals surface area contributed by atoms with Crippen LogP contribution in [0.5, 0.6) is 11.5 Å². The summed E-state index contributed by atoms with van der Waals surface area (Å²) >= 11 is 0. The lowest BCUT2D eigenvalue weighted by molar-refractivity contribution is -0.142. The summed E-state index contributed by atoms with van der Waals surface area (Å²) in [6, 6.07) is 13.3. The summed E-state index contributed by atoms with van der Waals surface area (Å²) in [5.41, 5.74) is 1.19. The molecule has 0 heterocycles. The van der Waals surface area contributed by atoms with Gasteiger partial charge in [0.15, 0.2) is 0 Å². The molecule has 0 aliphatic heterocycles. The largest absolute Gasteiger partial charge is 0.497 e. The standard InChI is InChI=1S/C19H21NO5/c1-23-14-8-6-7-13(11-14)12-16(19(22)25-3)20-18(21)15-9-4-5-10-17(15)24-2/h4-11,16H,12H2,1-3H3,(H,20,21)/t16-/m1/s1. The van der Waals surface area contributed by atoms with Gasteiger partial charge in [0.2, 0.25) is 0 Å². The molecular weight excluding hydrogens is 322 g/mol. The number of nitrogens with one attached hydrogen (secondary N) is 1. The van der Waals surface area contributed by atoms with Gasteiger partial charge in [0.05, 0.1) is 26.9 Å². The molecule has 0 saturated carbocycles. The van der Waals surface area contributed by atoms with E-state index in [0.717, 1.165) is 5.56 Å². The van der Waals surface area contributed by atoms with Crippen LogP contribution in [-0.2, 0) is 16.0 Å². The van der Waals surface area contributed by atoms with Crippen molar-refractivity contribution >= 4 is 11.9 Å². The van der Waals surface area contributed by atoms with Gasteiger partial charge in [-0.25, -0.2) is 4.79 Å². The van der Waals surface area contributed by atoms with E-state index < -0.39 is 17.9 Å². The number of hydrogen-bond donors (Lipinski definition) is 1. The number of benzene rings is 2. The van der Waals surface area contributed by atoms with Crippen LogP contribution < -0.4 is 14.8 Å². The minimum Gasteiger partial charge on any atom is -0.497 e. The lowest BCUT2D eigenvalue weighted by Gasteiger charge is -2.18. The quantitative estimate of drug-likeness (QED) is 0.781. The van der Waals surface area contributed by atoms with Crippen LogP contribution in [0.15, 0.2) is 48.5 Å². The second-order valence-corrected chi connectivity index (χ2v) is 5.31. The van der Waals surface area contributed by atoms with Crippen molar-refractivity contribution in [3.8, 4) is 11.5 Å². The van der Waals surface area contributed by atoms with Gasteiger partial charge in [0, 0.05) is 6.42 Å². The van der Waals surface area contributed by atoms with E-state index in [9.17, 15) is 9.59 Å². The molecule has 0 spiro atoms. The molecule has 0 aliphatic carbocycles. The van der Waals surface area contributed by atoms with Crippen molar-refractivity contribution in [2.75, 3.05) is 21.3 Å². The smallest absolute Gasteiger partial charge is 0.328 e. The monoisotopic (exact) mass is 343 g/mol. The van der Waals surface area contributed by atoms with Gasteiger partial charge in [-0.3, -0.25) is 4.79 Å². The minimum atomic E-state index is -0.825. The molecule has 1 N–H and O–H groups in total. The number of hydrogen-bond acceptors (Lipinski definition) is 5. The van der Waals surface area contributed by atoms with Crippen LogP contribution in [0.3, 0.4) is 0 Å². The molecular formula is C19H21NO5. The van der Waals surface area contributed by atoms with Crippen molar-refractivity contribution in [2.45, 2.75) is 12.5 Å². The van der Waals surface area contributed by atoms with Gasteiger partial charge in [0.1, 0.15) is 17.5 Å². The van der Waals surface area contributed by atoms with Gasteiger partial charge < -0.3 is 19.5 Å². The lowest BCUT2D eigenvalue weighted by atomic mass is 10.0. The van der Waals surface area contributed by atoms with E-state index in [2.05, 4.69) is 5.32 Å². The maximum absolute atomic E-state index is 12.5. The van der Waals surface area contributed by atoms with Crippen LogP contribution in [-0.4, -0.2) is 39.2 Å². The average molecular weight is 343 g/mol. The minimum absolute atomic E-state index is 0.283. The number of esters is 1. The number of ether oxygens (including phenoxy) is 3. The van der Waals surface area contributed by atoms with Crippen LogP contribution in [0.2, 0.25) is 0 Å². The van der Waals surface area contributed by atoms with Gasteiger partial charge >= 0.3 is 5.97 Å². The van der Waals surface area contributed by atoms with E-state index in [1.165, 1.54) is 14.2 Å². The maximum atomic E-state index is 12.5. The highest BCUT2D eigenvalue weighted by atomic mass is 16.5. The molecule has 25 heavy (non-hydrogen) atoms. The number of carbonyl (C=O) groups excluding carboxylic acids is 2. The SMILES string of the molecule is COC(=O)[C@@H](Cc1cccc(OC)c1)NC(=O)c1ccccc1OC. The van der Waals surface area contributed by atoms with Gasteiger partial charge in [0.25, 0.3) is 5.91 Å². The summed E-state index contributed by atoms with van der Waals surface area (Å²) in [5.74, 6) is 0.184. The first kappa shape index (κ1) is 18.3. The molecule has 2 aromatic carbocycles.